The predicted octanol–water partition coefficient (Wildman–Crippen LogP) is 4.34. The van der Waals surface area contributed by atoms with Crippen molar-refractivity contribution in [1.82, 2.24) is 5.32 Å². The molecule has 0 unspecified atom stereocenters. The molecule has 21 heavy (non-hydrogen) atoms. The number of hydrogen-bond donors (Lipinski definition) is 1. The summed E-state index contributed by atoms with van der Waals surface area (Å²) in [6, 6.07) is 10.4. The van der Waals surface area contributed by atoms with E-state index in [0.717, 1.165) is 25.3 Å². The Balaban J connectivity index is 1.63. The highest BCUT2D eigenvalue weighted by atomic mass is 16.1. The van der Waals surface area contributed by atoms with Crippen LogP contribution in [0.15, 0.2) is 30.3 Å². The number of hydrogen-bond acceptors (Lipinski definition) is 1. The van der Waals surface area contributed by atoms with E-state index in [4.69, 9.17) is 0 Å². The van der Waals surface area contributed by atoms with Gasteiger partial charge in [-0.3, -0.25) is 4.79 Å². The van der Waals surface area contributed by atoms with Crippen LogP contribution in [0.25, 0.3) is 0 Å². The predicted molar refractivity (Wildman–Crippen MR) is 88.1 cm³/mol. The second kappa shape index (κ2) is 8.86. The number of rotatable bonds is 7. The molecule has 1 saturated carbocycles. The van der Waals surface area contributed by atoms with Gasteiger partial charge in [0.15, 0.2) is 0 Å². The lowest BCUT2D eigenvalue weighted by atomic mass is 9.78. The van der Waals surface area contributed by atoms with Crippen molar-refractivity contribution in [1.29, 1.82) is 0 Å². The maximum atomic E-state index is 12.0. The highest BCUT2D eigenvalue weighted by molar-refractivity contribution is 5.75. The van der Waals surface area contributed by atoms with Crippen LogP contribution >= 0.6 is 0 Å². The minimum Gasteiger partial charge on any atom is -0.356 e. The standard InChI is InChI=1S/C19H29NO/c1-2-17-12-6-7-13-18(17)15-20-19(21)14-8-11-16-9-4-3-5-10-16/h3-5,9-10,17-18H,2,6-8,11-15H2,1H3,(H,20,21)/t17-,18-/m0/s1. The Morgan fingerprint density at radius 3 is 2.57 bits per heavy atom. The first-order chi connectivity index (χ1) is 10.3. The maximum Gasteiger partial charge on any atom is 0.220 e. The Morgan fingerprint density at radius 2 is 1.86 bits per heavy atom. The SMILES string of the molecule is CC[C@H]1CCCC[C@H]1CNC(=O)CCCc1ccccc1. The molecule has 1 amide bonds. The van der Waals surface area contributed by atoms with Crippen molar-refractivity contribution in [2.75, 3.05) is 6.54 Å². The molecule has 2 atom stereocenters. The van der Waals surface area contributed by atoms with E-state index in [2.05, 4.69) is 36.5 Å². The van der Waals surface area contributed by atoms with E-state index >= 15 is 0 Å². The van der Waals surface area contributed by atoms with Crippen molar-refractivity contribution in [2.24, 2.45) is 11.8 Å². The molecule has 1 aromatic carbocycles. The molecule has 2 nitrogen and oxygen atoms in total. The van der Waals surface area contributed by atoms with Gasteiger partial charge in [0.1, 0.15) is 0 Å². The first-order valence-electron chi connectivity index (χ1n) is 8.60. The van der Waals surface area contributed by atoms with Crippen LogP contribution < -0.4 is 5.32 Å². The monoisotopic (exact) mass is 287 g/mol. The fourth-order valence-electron chi connectivity index (χ4n) is 3.52. The van der Waals surface area contributed by atoms with E-state index in [9.17, 15) is 4.79 Å². The summed E-state index contributed by atoms with van der Waals surface area (Å²) in [4.78, 5) is 12.0. The summed E-state index contributed by atoms with van der Waals surface area (Å²) in [5.41, 5.74) is 1.32. The number of amides is 1. The Hall–Kier alpha value is -1.31. The molecule has 1 aliphatic carbocycles. The molecule has 2 heteroatoms. The number of aryl methyl sites for hydroxylation is 1. The smallest absolute Gasteiger partial charge is 0.220 e. The Labute approximate surface area is 129 Å². The molecule has 0 spiro atoms. The molecular formula is C19H29NO. The lowest BCUT2D eigenvalue weighted by molar-refractivity contribution is -0.121. The van der Waals surface area contributed by atoms with Crippen LogP contribution in [0, 0.1) is 11.8 Å². The third-order valence-corrected chi connectivity index (χ3v) is 4.86. The van der Waals surface area contributed by atoms with E-state index in [1.54, 1.807) is 0 Å². The Morgan fingerprint density at radius 1 is 1.14 bits per heavy atom. The van der Waals surface area contributed by atoms with Gasteiger partial charge in [-0.15, -0.1) is 0 Å². The summed E-state index contributed by atoms with van der Waals surface area (Å²) >= 11 is 0. The molecular weight excluding hydrogens is 258 g/mol. The van der Waals surface area contributed by atoms with Gasteiger partial charge >= 0.3 is 0 Å². The lowest BCUT2D eigenvalue weighted by Crippen LogP contribution is -2.34. The van der Waals surface area contributed by atoms with Crippen LogP contribution in [0.4, 0.5) is 0 Å². The number of carbonyl (C=O) groups excluding carboxylic acids is 1. The molecule has 1 aliphatic rings. The minimum absolute atomic E-state index is 0.228. The van der Waals surface area contributed by atoms with E-state index in [1.807, 2.05) is 6.07 Å². The van der Waals surface area contributed by atoms with Crippen LogP contribution in [0.5, 0.6) is 0 Å². The molecule has 0 aromatic heterocycles. The van der Waals surface area contributed by atoms with Gasteiger partial charge in [-0.2, -0.15) is 0 Å². The van der Waals surface area contributed by atoms with Gasteiger partial charge in [0.25, 0.3) is 0 Å². The van der Waals surface area contributed by atoms with Gasteiger partial charge in [0.05, 0.1) is 0 Å². The molecule has 0 radical (unpaired) electrons. The molecule has 0 heterocycles. The molecule has 1 aromatic rings. The van der Waals surface area contributed by atoms with Crippen LogP contribution in [0.3, 0.4) is 0 Å². The third kappa shape index (κ3) is 5.53. The van der Waals surface area contributed by atoms with Crippen molar-refractivity contribution in [3.8, 4) is 0 Å². The molecule has 2 rings (SSSR count). The number of carbonyl (C=O) groups is 1. The summed E-state index contributed by atoms with van der Waals surface area (Å²) in [5, 5.41) is 3.16. The first-order valence-corrected chi connectivity index (χ1v) is 8.60. The summed E-state index contributed by atoms with van der Waals surface area (Å²) in [6.45, 7) is 3.17. The second-order valence-corrected chi connectivity index (χ2v) is 6.36. The summed E-state index contributed by atoms with van der Waals surface area (Å²) in [6.07, 6.45) is 9.21. The van der Waals surface area contributed by atoms with Crippen LogP contribution in [0.2, 0.25) is 0 Å². The molecule has 1 N–H and O–H groups in total. The van der Waals surface area contributed by atoms with Gasteiger partial charge in [-0.25, -0.2) is 0 Å². The van der Waals surface area contributed by atoms with Crippen molar-refractivity contribution >= 4 is 5.91 Å². The molecule has 1 fully saturated rings. The average Bonchev–Trinajstić information content (AvgIpc) is 2.54. The number of benzene rings is 1. The summed E-state index contributed by atoms with van der Waals surface area (Å²) in [7, 11) is 0. The van der Waals surface area contributed by atoms with Crippen molar-refractivity contribution in [2.45, 2.75) is 58.3 Å². The van der Waals surface area contributed by atoms with Gasteiger partial charge < -0.3 is 5.32 Å². The van der Waals surface area contributed by atoms with E-state index in [-0.39, 0.29) is 5.91 Å². The lowest BCUT2D eigenvalue weighted by Gasteiger charge is -2.30. The maximum absolute atomic E-state index is 12.0. The van der Waals surface area contributed by atoms with Crippen molar-refractivity contribution < 1.29 is 4.79 Å². The fraction of sp³-hybridized carbons (Fsp3) is 0.632. The first kappa shape index (κ1) is 16.1. The van der Waals surface area contributed by atoms with E-state index in [1.165, 1.54) is 37.7 Å². The zero-order valence-electron chi connectivity index (χ0n) is 13.3. The quantitative estimate of drug-likeness (QED) is 0.794. The highest BCUT2D eigenvalue weighted by Crippen LogP contribution is 2.31. The van der Waals surface area contributed by atoms with E-state index in [0.29, 0.717) is 12.3 Å². The zero-order valence-corrected chi connectivity index (χ0v) is 13.3. The third-order valence-electron chi connectivity index (χ3n) is 4.86. The van der Waals surface area contributed by atoms with Gasteiger partial charge in [-0.1, -0.05) is 62.9 Å². The second-order valence-electron chi connectivity index (χ2n) is 6.36. The number of nitrogens with one attached hydrogen (secondary N) is 1. The average molecular weight is 287 g/mol. The van der Waals surface area contributed by atoms with Crippen LogP contribution in [0.1, 0.15) is 57.4 Å². The zero-order chi connectivity index (χ0) is 14.9. The van der Waals surface area contributed by atoms with Crippen molar-refractivity contribution in [3.05, 3.63) is 35.9 Å². The Kier molecular flexibility index (Phi) is 6.78. The molecule has 0 aliphatic heterocycles. The van der Waals surface area contributed by atoms with Gasteiger partial charge in [0, 0.05) is 13.0 Å². The summed E-state index contributed by atoms with van der Waals surface area (Å²) < 4.78 is 0. The van der Waals surface area contributed by atoms with E-state index < -0.39 is 0 Å². The topological polar surface area (TPSA) is 29.1 Å². The normalized spacial score (nSPS) is 22.0. The molecule has 116 valence electrons. The highest BCUT2D eigenvalue weighted by Gasteiger charge is 2.23. The largest absolute Gasteiger partial charge is 0.356 e. The Bertz CT molecular complexity index is 415. The fourth-order valence-corrected chi connectivity index (χ4v) is 3.52. The minimum atomic E-state index is 0.228. The molecule has 0 saturated heterocycles. The van der Waals surface area contributed by atoms with Crippen LogP contribution in [-0.2, 0) is 11.2 Å². The summed E-state index contributed by atoms with van der Waals surface area (Å²) in [5.74, 6) is 1.76. The van der Waals surface area contributed by atoms with Gasteiger partial charge in [0.2, 0.25) is 5.91 Å². The van der Waals surface area contributed by atoms with Crippen LogP contribution in [-0.4, -0.2) is 12.5 Å². The van der Waals surface area contributed by atoms with Gasteiger partial charge in [-0.05, 0) is 36.7 Å². The molecule has 0 bridgehead atoms. The van der Waals surface area contributed by atoms with Crippen molar-refractivity contribution in [3.63, 3.8) is 0 Å².